The van der Waals surface area contributed by atoms with E-state index in [1.54, 1.807) is 37.3 Å². The number of carbonyl (C=O) groups excluding carboxylic acids is 2. The Balaban J connectivity index is 1.58. The average molecular weight is 445 g/mol. The first-order valence-corrected chi connectivity index (χ1v) is 9.17. The van der Waals surface area contributed by atoms with Crippen LogP contribution in [0.3, 0.4) is 0 Å². The molecule has 1 N–H and O–H groups in total. The van der Waals surface area contributed by atoms with Crippen LogP contribution in [0.5, 0.6) is 5.75 Å². The van der Waals surface area contributed by atoms with Gasteiger partial charge >= 0.3 is 5.97 Å². The molecule has 0 spiro atoms. The van der Waals surface area contributed by atoms with Crippen LogP contribution in [-0.2, 0) is 16.1 Å². The summed E-state index contributed by atoms with van der Waals surface area (Å²) in [5.74, 6) is 0.0191. The van der Waals surface area contributed by atoms with E-state index in [1.165, 1.54) is 0 Å². The van der Waals surface area contributed by atoms with Crippen molar-refractivity contribution >= 4 is 33.6 Å². The fourth-order valence-electron chi connectivity index (χ4n) is 2.36. The van der Waals surface area contributed by atoms with Crippen LogP contribution in [0.25, 0.3) is 0 Å². The molecule has 8 heteroatoms. The zero-order chi connectivity index (χ0) is 19.9. The summed E-state index contributed by atoms with van der Waals surface area (Å²) in [6.07, 6.45) is 0. The molecule has 0 aliphatic carbocycles. The van der Waals surface area contributed by atoms with Gasteiger partial charge < -0.3 is 19.3 Å². The van der Waals surface area contributed by atoms with Gasteiger partial charge in [0.15, 0.2) is 12.4 Å². The van der Waals surface area contributed by atoms with E-state index in [-0.39, 0.29) is 18.0 Å². The molecular formula is C20H17BrN2O5. The van der Waals surface area contributed by atoms with Gasteiger partial charge in [0.25, 0.3) is 5.91 Å². The normalized spacial score (nSPS) is 10.4. The Morgan fingerprint density at radius 2 is 1.96 bits per heavy atom. The number of aromatic nitrogens is 1. The molecule has 1 heterocycles. The molecule has 0 unspecified atom stereocenters. The van der Waals surface area contributed by atoms with Crippen molar-refractivity contribution in [3.8, 4) is 5.75 Å². The minimum absolute atomic E-state index is 0.238. The zero-order valence-electron chi connectivity index (χ0n) is 15.0. The van der Waals surface area contributed by atoms with E-state index in [9.17, 15) is 9.59 Å². The molecule has 1 amide bonds. The fourth-order valence-corrected chi connectivity index (χ4v) is 2.81. The lowest BCUT2D eigenvalue weighted by atomic mass is 10.2. The molecule has 0 fully saturated rings. The number of halogens is 1. The molecule has 0 bridgehead atoms. The Hall–Kier alpha value is -3.13. The lowest BCUT2D eigenvalue weighted by molar-refractivity contribution is -0.119. The third-order valence-corrected chi connectivity index (χ3v) is 4.11. The Morgan fingerprint density at radius 1 is 1.14 bits per heavy atom. The Bertz CT molecular complexity index is 986. The molecule has 0 saturated carbocycles. The van der Waals surface area contributed by atoms with E-state index in [4.69, 9.17) is 14.0 Å². The van der Waals surface area contributed by atoms with Gasteiger partial charge in [-0.3, -0.25) is 4.79 Å². The van der Waals surface area contributed by atoms with Crippen molar-refractivity contribution in [1.29, 1.82) is 0 Å². The van der Waals surface area contributed by atoms with Crippen LogP contribution in [-0.4, -0.2) is 23.6 Å². The Labute approximate surface area is 169 Å². The Kier molecular flexibility index (Phi) is 6.44. The monoisotopic (exact) mass is 444 g/mol. The number of rotatable bonds is 7. The molecule has 1 aromatic heterocycles. The second-order valence-corrected chi connectivity index (χ2v) is 6.78. The lowest BCUT2D eigenvalue weighted by Crippen LogP contribution is -2.21. The molecule has 144 valence electrons. The molecule has 0 atom stereocenters. The van der Waals surface area contributed by atoms with Crippen LogP contribution in [0, 0.1) is 6.92 Å². The summed E-state index contributed by atoms with van der Waals surface area (Å²) >= 11 is 3.41. The maximum atomic E-state index is 12.4. The number of para-hydroxylation sites is 1. The van der Waals surface area contributed by atoms with E-state index >= 15 is 0 Å². The number of nitrogens with one attached hydrogen (secondary N) is 1. The molecular weight excluding hydrogens is 428 g/mol. The predicted octanol–water partition coefficient (Wildman–Crippen LogP) is 4.12. The SMILES string of the molecule is Cc1cc(NC(=O)COC(=O)c2ccccc2OCc2cccc(Br)c2)no1. The number of nitrogens with zero attached hydrogens (tertiary/aromatic N) is 1. The molecule has 0 saturated heterocycles. The number of carbonyl (C=O) groups is 2. The quantitative estimate of drug-likeness (QED) is 0.551. The highest BCUT2D eigenvalue weighted by molar-refractivity contribution is 9.10. The summed E-state index contributed by atoms with van der Waals surface area (Å²) in [6, 6.07) is 15.9. The van der Waals surface area contributed by atoms with Gasteiger partial charge in [-0.05, 0) is 36.8 Å². The minimum atomic E-state index is -0.656. The van der Waals surface area contributed by atoms with Crippen LogP contribution >= 0.6 is 15.9 Å². The third kappa shape index (κ3) is 5.43. The highest BCUT2D eigenvalue weighted by Crippen LogP contribution is 2.21. The lowest BCUT2D eigenvalue weighted by Gasteiger charge is -2.11. The van der Waals surface area contributed by atoms with Gasteiger partial charge in [-0.2, -0.15) is 0 Å². The molecule has 0 aliphatic rings. The summed E-state index contributed by atoms with van der Waals surface area (Å²) in [7, 11) is 0. The average Bonchev–Trinajstić information content (AvgIpc) is 3.09. The van der Waals surface area contributed by atoms with Gasteiger partial charge in [0, 0.05) is 10.5 Å². The highest BCUT2D eigenvalue weighted by Gasteiger charge is 2.16. The standard InChI is InChI=1S/C20H17BrN2O5/c1-13-9-18(23-28-13)22-19(24)12-27-20(25)16-7-2-3-8-17(16)26-11-14-5-4-6-15(21)10-14/h2-10H,11-12H2,1H3,(H,22,23,24). The molecule has 0 radical (unpaired) electrons. The van der Waals surface area contributed by atoms with E-state index in [2.05, 4.69) is 26.4 Å². The number of anilines is 1. The first kappa shape index (κ1) is 19.6. The summed E-state index contributed by atoms with van der Waals surface area (Å²) in [4.78, 5) is 24.2. The van der Waals surface area contributed by atoms with Crippen LogP contribution in [0.15, 0.2) is 63.6 Å². The number of benzene rings is 2. The third-order valence-electron chi connectivity index (χ3n) is 3.62. The second kappa shape index (κ2) is 9.18. The number of amides is 1. The van der Waals surface area contributed by atoms with Crippen molar-refractivity contribution < 1.29 is 23.6 Å². The van der Waals surface area contributed by atoms with Gasteiger partial charge in [0.2, 0.25) is 0 Å². The van der Waals surface area contributed by atoms with Crippen LogP contribution in [0.1, 0.15) is 21.7 Å². The van der Waals surface area contributed by atoms with Crippen molar-refractivity contribution in [2.24, 2.45) is 0 Å². The molecule has 7 nitrogen and oxygen atoms in total. The van der Waals surface area contributed by atoms with Gasteiger partial charge in [0.05, 0.1) is 0 Å². The van der Waals surface area contributed by atoms with E-state index in [1.807, 2.05) is 24.3 Å². The van der Waals surface area contributed by atoms with Crippen LogP contribution in [0.4, 0.5) is 5.82 Å². The number of aryl methyl sites for hydroxylation is 1. The number of hydrogen-bond donors (Lipinski definition) is 1. The predicted molar refractivity (Wildman–Crippen MR) is 105 cm³/mol. The zero-order valence-corrected chi connectivity index (χ0v) is 16.6. The fraction of sp³-hybridized carbons (Fsp3) is 0.150. The van der Waals surface area contributed by atoms with Crippen molar-refractivity contribution in [3.63, 3.8) is 0 Å². The van der Waals surface area contributed by atoms with Crippen molar-refractivity contribution in [2.45, 2.75) is 13.5 Å². The van der Waals surface area contributed by atoms with Crippen molar-refractivity contribution in [1.82, 2.24) is 5.16 Å². The first-order valence-electron chi connectivity index (χ1n) is 8.38. The summed E-state index contributed by atoms with van der Waals surface area (Å²) in [6.45, 7) is 1.54. The topological polar surface area (TPSA) is 90.7 Å². The first-order chi connectivity index (χ1) is 13.5. The van der Waals surface area contributed by atoms with E-state index in [0.717, 1.165) is 10.0 Å². The molecule has 3 aromatic rings. The Morgan fingerprint density at radius 3 is 2.71 bits per heavy atom. The van der Waals surface area contributed by atoms with Crippen molar-refractivity contribution in [2.75, 3.05) is 11.9 Å². The number of esters is 1. The smallest absolute Gasteiger partial charge is 0.342 e. The minimum Gasteiger partial charge on any atom is -0.488 e. The van der Waals surface area contributed by atoms with Gasteiger partial charge in [-0.15, -0.1) is 0 Å². The highest BCUT2D eigenvalue weighted by atomic mass is 79.9. The number of hydrogen-bond acceptors (Lipinski definition) is 6. The molecule has 2 aromatic carbocycles. The maximum Gasteiger partial charge on any atom is 0.342 e. The van der Waals surface area contributed by atoms with E-state index < -0.39 is 18.5 Å². The molecule has 3 rings (SSSR count). The van der Waals surface area contributed by atoms with Gasteiger partial charge in [0.1, 0.15) is 23.7 Å². The summed E-state index contributed by atoms with van der Waals surface area (Å²) in [5, 5.41) is 6.12. The largest absolute Gasteiger partial charge is 0.488 e. The van der Waals surface area contributed by atoms with Crippen molar-refractivity contribution in [3.05, 3.63) is 76.0 Å². The molecule has 0 aliphatic heterocycles. The maximum absolute atomic E-state index is 12.4. The van der Waals surface area contributed by atoms with Gasteiger partial charge in [-0.25, -0.2) is 4.79 Å². The molecule has 28 heavy (non-hydrogen) atoms. The van der Waals surface area contributed by atoms with E-state index in [0.29, 0.717) is 11.5 Å². The summed E-state index contributed by atoms with van der Waals surface area (Å²) < 4.78 is 16.6. The van der Waals surface area contributed by atoms with Gasteiger partial charge in [-0.1, -0.05) is 45.4 Å². The summed E-state index contributed by atoms with van der Waals surface area (Å²) in [5.41, 5.74) is 1.18. The second-order valence-electron chi connectivity index (χ2n) is 5.86. The number of ether oxygens (including phenoxy) is 2. The van der Waals surface area contributed by atoms with Crippen LogP contribution in [0.2, 0.25) is 0 Å². The van der Waals surface area contributed by atoms with Crippen LogP contribution < -0.4 is 10.1 Å².